The largest absolute Gasteiger partial charge is 0.356 e. The summed E-state index contributed by atoms with van der Waals surface area (Å²) in [6, 6.07) is 8.39. The van der Waals surface area contributed by atoms with Crippen molar-refractivity contribution < 1.29 is 12.9 Å². The number of hydrogen-bond acceptors (Lipinski definition) is 5. The van der Waals surface area contributed by atoms with E-state index in [1.54, 1.807) is 30.3 Å². The first-order valence-corrected chi connectivity index (χ1v) is 8.26. The number of likely N-dealkylation sites (N-methyl/N-ethyl adjacent to an activating group) is 1. The number of sulfonamides is 1. The molecule has 0 amide bonds. The highest BCUT2D eigenvalue weighted by atomic mass is 32.2. The first kappa shape index (κ1) is 15.7. The third-order valence-electron chi connectivity index (χ3n) is 3.01. The summed E-state index contributed by atoms with van der Waals surface area (Å²) in [5, 5.41) is 6.78. The molecule has 2 N–H and O–H groups in total. The molecule has 0 fully saturated rings. The zero-order valence-corrected chi connectivity index (χ0v) is 12.9. The fourth-order valence-corrected chi connectivity index (χ4v) is 3.33. The first-order chi connectivity index (χ1) is 10.0. The minimum atomic E-state index is -3.61. The molecule has 0 aliphatic heterocycles. The summed E-state index contributed by atoms with van der Waals surface area (Å²) >= 11 is 0. The van der Waals surface area contributed by atoms with Gasteiger partial charge in [-0.25, -0.2) is 13.1 Å². The number of rotatable bonds is 7. The van der Waals surface area contributed by atoms with Crippen LogP contribution in [0.5, 0.6) is 0 Å². The molecule has 0 aliphatic rings. The first-order valence-electron chi connectivity index (χ1n) is 6.77. The highest BCUT2D eigenvalue weighted by molar-refractivity contribution is 7.89. The quantitative estimate of drug-likeness (QED) is 0.812. The molecule has 0 unspecified atom stereocenters. The standard InChI is InChI=1S/C14H19N3O3S/c1-3-15-11(2)10-17-21(18,19)14-7-5-4-6-12(14)13-8-9-16-20-13/h4-9,11,15,17H,3,10H2,1-2H3/t11-/m1/s1. The molecule has 0 spiro atoms. The van der Waals surface area contributed by atoms with Crippen LogP contribution in [0.3, 0.4) is 0 Å². The van der Waals surface area contributed by atoms with Crippen molar-refractivity contribution in [3.8, 4) is 11.3 Å². The van der Waals surface area contributed by atoms with Crippen LogP contribution in [-0.4, -0.2) is 32.7 Å². The Bertz CT molecular complexity index is 669. The van der Waals surface area contributed by atoms with Crippen molar-refractivity contribution in [3.63, 3.8) is 0 Å². The predicted molar refractivity (Wildman–Crippen MR) is 80.3 cm³/mol. The van der Waals surface area contributed by atoms with E-state index < -0.39 is 10.0 Å². The van der Waals surface area contributed by atoms with Gasteiger partial charge in [-0.15, -0.1) is 0 Å². The van der Waals surface area contributed by atoms with Crippen molar-refractivity contribution in [1.29, 1.82) is 0 Å². The Morgan fingerprint density at radius 3 is 2.71 bits per heavy atom. The molecule has 0 radical (unpaired) electrons. The molecule has 7 heteroatoms. The summed E-state index contributed by atoms with van der Waals surface area (Å²) in [6.45, 7) is 5.01. The zero-order chi connectivity index (χ0) is 15.3. The Labute approximate surface area is 124 Å². The number of benzene rings is 1. The van der Waals surface area contributed by atoms with Crippen LogP contribution in [0.2, 0.25) is 0 Å². The smallest absolute Gasteiger partial charge is 0.241 e. The van der Waals surface area contributed by atoms with Gasteiger partial charge in [0.05, 0.1) is 11.1 Å². The normalized spacial score (nSPS) is 13.2. The van der Waals surface area contributed by atoms with E-state index in [0.717, 1.165) is 6.54 Å². The Hall–Kier alpha value is -1.70. The number of aromatic nitrogens is 1. The van der Waals surface area contributed by atoms with Gasteiger partial charge in [0.2, 0.25) is 10.0 Å². The maximum absolute atomic E-state index is 12.5. The lowest BCUT2D eigenvalue weighted by Crippen LogP contribution is -2.38. The number of hydrogen-bond donors (Lipinski definition) is 2. The monoisotopic (exact) mass is 309 g/mol. The van der Waals surface area contributed by atoms with Crippen LogP contribution in [-0.2, 0) is 10.0 Å². The molecule has 0 saturated heterocycles. The SMILES string of the molecule is CCN[C@H](C)CNS(=O)(=O)c1ccccc1-c1ccno1. The molecule has 0 saturated carbocycles. The van der Waals surface area contributed by atoms with Crippen LogP contribution in [0.15, 0.2) is 45.9 Å². The second kappa shape index (κ2) is 6.84. The average molecular weight is 309 g/mol. The van der Waals surface area contributed by atoms with E-state index in [9.17, 15) is 8.42 Å². The minimum absolute atomic E-state index is 0.0576. The van der Waals surface area contributed by atoms with E-state index in [4.69, 9.17) is 4.52 Å². The molecule has 0 bridgehead atoms. The van der Waals surface area contributed by atoms with Crippen LogP contribution in [0.25, 0.3) is 11.3 Å². The summed E-state index contributed by atoms with van der Waals surface area (Å²) < 4.78 is 32.6. The van der Waals surface area contributed by atoms with E-state index in [-0.39, 0.29) is 10.9 Å². The third-order valence-corrected chi connectivity index (χ3v) is 4.49. The molecule has 1 heterocycles. The average Bonchev–Trinajstić information content (AvgIpc) is 3.00. The summed E-state index contributed by atoms with van der Waals surface area (Å²) in [6.07, 6.45) is 1.49. The Balaban J connectivity index is 2.25. The maximum atomic E-state index is 12.5. The number of nitrogens with one attached hydrogen (secondary N) is 2. The lowest BCUT2D eigenvalue weighted by Gasteiger charge is -2.14. The van der Waals surface area contributed by atoms with Crippen molar-refractivity contribution in [2.45, 2.75) is 24.8 Å². The zero-order valence-electron chi connectivity index (χ0n) is 12.0. The summed E-state index contributed by atoms with van der Waals surface area (Å²) in [7, 11) is -3.61. The molecule has 6 nitrogen and oxygen atoms in total. The van der Waals surface area contributed by atoms with E-state index in [0.29, 0.717) is 17.9 Å². The minimum Gasteiger partial charge on any atom is -0.356 e. The lowest BCUT2D eigenvalue weighted by molar-refractivity contribution is 0.431. The van der Waals surface area contributed by atoms with Gasteiger partial charge in [0.25, 0.3) is 0 Å². The molecule has 21 heavy (non-hydrogen) atoms. The van der Waals surface area contributed by atoms with Crippen molar-refractivity contribution >= 4 is 10.0 Å². The molecule has 1 atom stereocenters. The summed E-state index contributed by atoms with van der Waals surface area (Å²) in [4.78, 5) is 0.186. The molecule has 114 valence electrons. The fraction of sp³-hybridized carbons (Fsp3) is 0.357. The molecule has 1 aromatic heterocycles. The van der Waals surface area contributed by atoms with E-state index in [1.165, 1.54) is 6.20 Å². The highest BCUT2D eigenvalue weighted by Crippen LogP contribution is 2.26. The van der Waals surface area contributed by atoms with Gasteiger partial charge >= 0.3 is 0 Å². The topological polar surface area (TPSA) is 84.2 Å². The molecule has 2 aromatic rings. The van der Waals surface area contributed by atoms with Gasteiger partial charge in [0.1, 0.15) is 0 Å². The Morgan fingerprint density at radius 2 is 2.05 bits per heavy atom. The van der Waals surface area contributed by atoms with Crippen molar-refractivity contribution in [3.05, 3.63) is 36.5 Å². The molecular weight excluding hydrogens is 290 g/mol. The van der Waals surface area contributed by atoms with Crippen molar-refractivity contribution in [2.24, 2.45) is 0 Å². The Morgan fingerprint density at radius 1 is 1.29 bits per heavy atom. The van der Waals surface area contributed by atoms with Gasteiger partial charge in [-0.1, -0.05) is 24.2 Å². The van der Waals surface area contributed by atoms with Gasteiger partial charge in [0, 0.05) is 24.2 Å². The molecule has 1 aromatic carbocycles. The van der Waals surface area contributed by atoms with Gasteiger partial charge in [-0.3, -0.25) is 0 Å². The fourth-order valence-electron chi connectivity index (χ4n) is 1.99. The van der Waals surface area contributed by atoms with E-state index in [2.05, 4.69) is 15.2 Å². The summed E-state index contributed by atoms with van der Waals surface area (Å²) in [5.41, 5.74) is 0.499. The maximum Gasteiger partial charge on any atom is 0.241 e. The van der Waals surface area contributed by atoms with Gasteiger partial charge < -0.3 is 9.84 Å². The predicted octanol–water partition coefficient (Wildman–Crippen LogP) is 1.62. The van der Waals surface area contributed by atoms with Crippen LogP contribution >= 0.6 is 0 Å². The lowest BCUT2D eigenvalue weighted by atomic mass is 10.2. The summed E-state index contributed by atoms with van der Waals surface area (Å²) in [5.74, 6) is 0.427. The van der Waals surface area contributed by atoms with Crippen LogP contribution < -0.4 is 10.0 Å². The number of nitrogens with zero attached hydrogens (tertiary/aromatic N) is 1. The van der Waals surface area contributed by atoms with E-state index in [1.807, 2.05) is 13.8 Å². The van der Waals surface area contributed by atoms with Crippen LogP contribution in [0, 0.1) is 0 Å². The van der Waals surface area contributed by atoms with Gasteiger partial charge in [0.15, 0.2) is 5.76 Å². The molecule has 0 aliphatic carbocycles. The van der Waals surface area contributed by atoms with E-state index >= 15 is 0 Å². The Kier molecular flexibility index (Phi) is 5.11. The van der Waals surface area contributed by atoms with Gasteiger partial charge in [-0.05, 0) is 25.6 Å². The second-order valence-electron chi connectivity index (χ2n) is 4.68. The third kappa shape index (κ3) is 3.90. The molecular formula is C14H19N3O3S. The van der Waals surface area contributed by atoms with Crippen molar-refractivity contribution in [1.82, 2.24) is 15.2 Å². The van der Waals surface area contributed by atoms with Crippen molar-refractivity contribution in [2.75, 3.05) is 13.1 Å². The van der Waals surface area contributed by atoms with Crippen LogP contribution in [0.4, 0.5) is 0 Å². The second-order valence-corrected chi connectivity index (χ2v) is 6.42. The van der Waals surface area contributed by atoms with Gasteiger partial charge in [-0.2, -0.15) is 0 Å². The molecule has 2 rings (SSSR count). The highest BCUT2D eigenvalue weighted by Gasteiger charge is 2.20. The van der Waals surface area contributed by atoms with Crippen LogP contribution in [0.1, 0.15) is 13.8 Å².